The van der Waals surface area contributed by atoms with Gasteiger partial charge in [-0.25, -0.2) is 9.37 Å². The Bertz CT molecular complexity index is 1050. The molecule has 3 aromatic rings. The van der Waals surface area contributed by atoms with Gasteiger partial charge in [-0.3, -0.25) is 9.48 Å². The molecule has 6 nitrogen and oxygen atoms in total. The summed E-state index contributed by atoms with van der Waals surface area (Å²) >= 11 is 3.24. The van der Waals surface area contributed by atoms with Gasteiger partial charge < -0.3 is 9.88 Å². The Labute approximate surface area is 177 Å². The van der Waals surface area contributed by atoms with Gasteiger partial charge in [0.2, 0.25) is 0 Å². The molecule has 8 heteroatoms. The summed E-state index contributed by atoms with van der Waals surface area (Å²) in [6.07, 6.45) is 5.85. The van der Waals surface area contributed by atoms with Crippen molar-refractivity contribution in [2.24, 2.45) is 25.9 Å². The van der Waals surface area contributed by atoms with E-state index in [0.29, 0.717) is 32.9 Å². The molecule has 1 fully saturated rings. The number of nitrogens with one attached hydrogen (secondary N) is 1. The Kier molecular flexibility index (Phi) is 5.46. The molecular formula is C21H25BrFN5O. The van der Waals surface area contributed by atoms with E-state index in [-0.39, 0.29) is 23.7 Å². The minimum atomic E-state index is -0.377. The van der Waals surface area contributed by atoms with Crippen molar-refractivity contribution in [3.05, 3.63) is 46.2 Å². The molecule has 29 heavy (non-hydrogen) atoms. The molecule has 0 spiro atoms. The molecule has 1 unspecified atom stereocenters. The number of hydrogen-bond acceptors (Lipinski definition) is 3. The van der Waals surface area contributed by atoms with Crippen molar-refractivity contribution in [1.82, 2.24) is 24.6 Å². The van der Waals surface area contributed by atoms with Gasteiger partial charge >= 0.3 is 0 Å². The topological polar surface area (TPSA) is 64.7 Å². The average Bonchev–Trinajstić information content (AvgIpc) is 3.27. The zero-order valence-electron chi connectivity index (χ0n) is 16.8. The number of aromatic nitrogens is 4. The summed E-state index contributed by atoms with van der Waals surface area (Å²) in [6, 6.07) is 4.94. The van der Waals surface area contributed by atoms with Gasteiger partial charge in [0.25, 0.3) is 5.91 Å². The molecule has 154 valence electrons. The van der Waals surface area contributed by atoms with Crippen molar-refractivity contribution in [3.8, 4) is 0 Å². The molecule has 1 N–H and O–H groups in total. The van der Waals surface area contributed by atoms with E-state index in [4.69, 9.17) is 0 Å². The molecule has 2 aromatic heterocycles. The number of rotatable bonds is 4. The molecule has 1 aliphatic rings. The highest BCUT2D eigenvalue weighted by molar-refractivity contribution is 9.10. The molecule has 0 saturated heterocycles. The number of amides is 1. The number of fused-ring (bicyclic) bond motifs is 1. The van der Waals surface area contributed by atoms with Crippen LogP contribution in [0.15, 0.2) is 28.9 Å². The van der Waals surface area contributed by atoms with Crippen LogP contribution in [0.25, 0.3) is 11.0 Å². The summed E-state index contributed by atoms with van der Waals surface area (Å²) in [4.78, 5) is 17.6. The third-order valence-corrected chi connectivity index (χ3v) is 6.74. The Hall–Kier alpha value is -2.22. The lowest BCUT2D eigenvalue weighted by molar-refractivity contribution is 0.0893. The van der Waals surface area contributed by atoms with Crippen molar-refractivity contribution in [1.29, 1.82) is 0 Å². The summed E-state index contributed by atoms with van der Waals surface area (Å²) < 4.78 is 18.5. The molecule has 0 radical (unpaired) electrons. The van der Waals surface area contributed by atoms with Crippen LogP contribution >= 0.6 is 15.9 Å². The van der Waals surface area contributed by atoms with Crippen LogP contribution in [0.5, 0.6) is 0 Å². The Morgan fingerprint density at radius 3 is 2.62 bits per heavy atom. The number of imidazole rings is 1. The second-order valence-electron chi connectivity index (χ2n) is 8.07. The third kappa shape index (κ3) is 3.70. The van der Waals surface area contributed by atoms with E-state index in [1.807, 2.05) is 17.7 Å². The molecule has 1 amide bonds. The lowest BCUT2D eigenvalue weighted by Gasteiger charge is -2.33. The zero-order chi connectivity index (χ0) is 20.7. The first-order valence-corrected chi connectivity index (χ1v) is 10.7. The maximum Gasteiger partial charge on any atom is 0.270 e. The summed E-state index contributed by atoms with van der Waals surface area (Å²) in [5.41, 5.74) is 1.53. The SMILES string of the molecule is CC1CCC(C(NC(=O)c2ccnn2C)c2nc3c(F)c(Br)ccc3n2C)CC1. The highest BCUT2D eigenvalue weighted by atomic mass is 79.9. The first-order valence-electron chi connectivity index (χ1n) is 9.96. The van der Waals surface area contributed by atoms with Crippen LogP contribution in [0.2, 0.25) is 0 Å². The largest absolute Gasteiger partial charge is 0.340 e. The summed E-state index contributed by atoms with van der Waals surface area (Å²) in [7, 11) is 3.63. The Morgan fingerprint density at radius 2 is 1.97 bits per heavy atom. The van der Waals surface area contributed by atoms with Crippen LogP contribution < -0.4 is 5.32 Å². The van der Waals surface area contributed by atoms with Crippen molar-refractivity contribution >= 4 is 32.9 Å². The van der Waals surface area contributed by atoms with Crippen LogP contribution in [0.3, 0.4) is 0 Å². The fourth-order valence-corrected chi connectivity index (χ4v) is 4.64. The van der Waals surface area contributed by atoms with E-state index in [0.717, 1.165) is 25.7 Å². The number of halogens is 2. The molecule has 0 bridgehead atoms. The summed E-state index contributed by atoms with van der Waals surface area (Å²) in [5, 5.41) is 7.27. The van der Waals surface area contributed by atoms with Gasteiger partial charge in [-0.05, 0) is 58.8 Å². The van der Waals surface area contributed by atoms with Crippen LogP contribution in [-0.2, 0) is 14.1 Å². The highest BCUT2D eigenvalue weighted by Crippen LogP contribution is 2.38. The smallest absolute Gasteiger partial charge is 0.270 e. The van der Waals surface area contributed by atoms with Crippen molar-refractivity contribution in [2.75, 3.05) is 0 Å². The number of nitrogens with zero attached hydrogens (tertiary/aromatic N) is 4. The lowest BCUT2D eigenvalue weighted by atomic mass is 9.79. The third-order valence-electron chi connectivity index (χ3n) is 6.13. The molecular weight excluding hydrogens is 437 g/mol. The quantitative estimate of drug-likeness (QED) is 0.621. The van der Waals surface area contributed by atoms with E-state index in [9.17, 15) is 9.18 Å². The summed E-state index contributed by atoms with van der Waals surface area (Å²) in [5.74, 6) is 1.06. The minimum absolute atomic E-state index is 0.192. The number of benzene rings is 1. The predicted octanol–water partition coefficient (Wildman–Crippen LogP) is 4.51. The van der Waals surface area contributed by atoms with Gasteiger partial charge in [0.05, 0.1) is 16.0 Å². The van der Waals surface area contributed by atoms with Gasteiger partial charge in [0.1, 0.15) is 17.0 Å². The van der Waals surface area contributed by atoms with E-state index >= 15 is 0 Å². The van der Waals surface area contributed by atoms with E-state index in [1.54, 1.807) is 30.1 Å². The number of aryl methyl sites for hydroxylation is 2. The number of hydrogen-bond donors (Lipinski definition) is 1. The van der Waals surface area contributed by atoms with Gasteiger partial charge in [0, 0.05) is 20.3 Å². The molecule has 1 aliphatic carbocycles. The predicted molar refractivity (Wildman–Crippen MR) is 113 cm³/mol. The van der Waals surface area contributed by atoms with Crippen LogP contribution in [0, 0.1) is 17.7 Å². The first kappa shape index (κ1) is 20.1. The van der Waals surface area contributed by atoms with Crippen molar-refractivity contribution < 1.29 is 9.18 Å². The van der Waals surface area contributed by atoms with Crippen molar-refractivity contribution in [3.63, 3.8) is 0 Å². The van der Waals surface area contributed by atoms with Gasteiger partial charge in [-0.2, -0.15) is 5.10 Å². The second kappa shape index (κ2) is 7.89. The monoisotopic (exact) mass is 461 g/mol. The fourth-order valence-electron chi connectivity index (χ4n) is 4.32. The molecule has 1 aromatic carbocycles. The maximum absolute atomic E-state index is 14.7. The fraction of sp³-hybridized carbons (Fsp3) is 0.476. The molecule has 1 atom stereocenters. The zero-order valence-corrected chi connectivity index (χ0v) is 18.4. The first-order chi connectivity index (χ1) is 13.9. The Balaban J connectivity index is 1.75. The molecule has 0 aliphatic heterocycles. The maximum atomic E-state index is 14.7. The van der Waals surface area contributed by atoms with Crippen LogP contribution in [0.4, 0.5) is 4.39 Å². The van der Waals surface area contributed by atoms with Gasteiger partial charge in [-0.15, -0.1) is 0 Å². The number of carbonyl (C=O) groups is 1. The van der Waals surface area contributed by atoms with E-state index < -0.39 is 0 Å². The minimum Gasteiger partial charge on any atom is -0.340 e. The highest BCUT2D eigenvalue weighted by Gasteiger charge is 2.33. The van der Waals surface area contributed by atoms with Crippen LogP contribution in [0.1, 0.15) is 55.0 Å². The Morgan fingerprint density at radius 1 is 1.24 bits per heavy atom. The second-order valence-corrected chi connectivity index (χ2v) is 8.92. The normalized spacial score (nSPS) is 20.7. The lowest BCUT2D eigenvalue weighted by Crippen LogP contribution is -2.37. The van der Waals surface area contributed by atoms with Crippen molar-refractivity contribution in [2.45, 2.75) is 38.6 Å². The van der Waals surface area contributed by atoms with E-state index in [2.05, 4.69) is 38.3 Å². The average molecular weight is 462 g/mol. The van der Waals surface area contributed by atoms with Gasteiger partial charge in [-0.1, -0.05) is 19.8 Å². The molecule has 2 heterocycles. The van der Waals surface area contributed by atoms with Crippen LogP contribution in [-0.4, -0.2) is 25.2 Å². The van der Waals surface area contributed by atoms with Gasteiger partial charge in [0.15, 0.2) is 5.82 Å². The molecule has 4 rings (SSSR count). The molecule has 1 saturated carbocycles. The van der Waals surface area contributed by atoms with E-state index in [1.165, 1.54) is 0 Å². The standard InChI is InChI=1S/C21H25BrFN5O/c1-12-4-6-13(7-5-12)18(26-21(29)16-10-11-24-28(16)3)20-25-19-15(27(20)2)9-8-14(22)17(19)23/h8-13,18H,4-7H2,1-3H3,(H,26,29). The number of carbonyl (C=O) groups excluding carboxylic acids is 1. The summed E-state index contributed by atoms with van der Waals surface area (Å²) in [6.45, 7) is 2.27.